The number of nitrogens with one attached hydrogen (secondary N) is 2. The van der Waals surface area contributed by atoms with Gasteiger partial charge in [0.1, 0.15) is 4.75 Å². The molecule has 2 aliphatic heterocycles. The molecule has 0 bridgehead atoms. The average molecular weight is 664 g/mol. The minimum atomic E-state index is -0.546. The summed E-state index contributed by atoms with van der Waals surface area (Å²) in [6.45, 7) is 12.2. The topological polar surface area (TPSA) is 116 Å². The Labute approximate surface area is 317 Å². The number of thioether (sulfide) groups is 1. The van der Waals surface area contributed by atoms with Crippen LogP contribution in [-0.4, -0.2) is 94.2 Å². The van der Waals surface area contributed by atoms with E-state index in [9.17, 15) is 9.59 Å². The summed E-state index contributed by atoms with van der Waals surface area (Å²) in [6.07, 6.45) is 10.7. The number of H-pyrrole nitrogens is 1. The normalized spacial score (nSPS) is 18.4. The molecule has 1 atom stereocenters. The van der Waals surface area contributed by atoms with Crippen LogP contribution in [0.1, 0.15) is 18.4 Å². The van der Waals surface area contributed by atoms with Crippen molar-refractivity contribution in [3.05, 3.63) is 86.4 Å². The molecule has 0 aliphatic carbocycles. The number of benzene rings is 2. The number of rotatable bonds is 9. The fraction of sp³-hybridized carbons (Fsp3) is 0.324. The second-order valence-electron chi connectivity index (χ2n) is 10.8. The molecule has 1 amide bonds. The Hall–Kier alpha value is -2.55. The number of likely N-dealkylation sites (tertiary alicyclic amines) is 1. The summed E-state index contributed by atoms with van der Waals surface area (Å²) in [4.78, 5) is 36.4. The molecule has 236 valence electrons. The molecule has 0 spiro atoms. The summed E-state index contributed by atoms with van der Waals surface area (Å²) < 4.78 is 4.88. The van der Waals surface area contributed by atoms with Crippen molar-refractivity contribution in [2.24, 2.45) is 0 Å². The van der Waals surface area contributed by atoms with Crippen molar-refractivity contribution in [3.8, 4) is 11.4 Å². The van der Waals surface area contributed by atoms with Crippen LogP contribution in [-0.2, 0) is 14.3 Å². The molecule has 4 heterocycles. The van der Waals surface area contributed by atoms with Gasteiger partial charge in [-0.2, -0.15) is 5.10 Å². The van der Waals surface area contributed by atoms with Crippen molar-refractivity contribution < 1.29 is 65.7 Å². The molecule has 0 saturated carbocycles. The van der Waals surface area contributed by atoms with E-state index >= 15 is 0 Å². The first-order valence-electron chi connectivity index (χ1n) is 14.9. The average Bonchev–Trinajstić information content (AvgIpc) is 3.72. The molecule has 2 aromatic carbocycles. The van der Waals surface area contributed by atoms with Crippen molar-refractivity contribution >= 4 is 51.9 Å². The maximum absolute atomic E-state index is 13.1. The number of ether oxygens (including phenoxy) is 1. The first kappa shape index (κ1) is 36.3. The minimum absolute atomic E-state index is 0. The Morgan fingerprint density at radius 1 is 1.15 bits per heavy atom. The minimum Gasteiger partial charge on any atom is -0.541 e. The first-order valence-corrected chi connectivity index (χ1v) is 16.1. The van der Waals surface area contributed by atoms with Gasteiger partial charge in [0.2, 0.25) is 5.91 Å². The van der Waals surface area contributed by atoms with E-state index in [-0.39, 0.29) is 63.8 Å². The Kier molecular flexibility index (Phi) is 13.8. The number of anilines is 2. The van der Waals surface area contributed by atoms with Gasteiger partial charge in [0.15, 0.2) is 11.6 Å². The number of allylic oxidation sites excluding steroid dienone is 2. The zero-order valence-electron chi connectivity index (χ0n) is 26.5. The van der Waals surface area contributed by atoms with Gasteiger partial charge < -0.3 is 31.6 Å². The third kappa shape index (κ3) is 8.67. The second kappa shape index (κ2) is 17.6. The summed E-state index contributed by atoms with van der Waals surface area (Å²) >= 11 is 1.54. The molecular weight excluding hydrogens is 626 g/mol. The molecule has 10 nitrogen and oxygen atoms in total. The number of aromatic nitrogens is 4. The maximum atomic E-state index is 13.1. The van der Waals surface area contributed by atoms with Crippen LogP contribution in [0.5, 0.6) is 0 Å². The molecule has 46 heavy (non-hydrogen) atoms. The Balaban J connectivity index is 0.000000230. The summed E-state index contributed by atoms with van der Waals surface area (Å²) in [6, 6.07) is 15.7. The van der Waals surface area contributed by atoms with E-state index in [1.165, 1.54) is 0 Å². The summed E-state index contributed by atoms with van der Waals surface area (Å²) in [5.41, 5.74) is 5.00. The van der Waals surface area contributed by atoms with Gasteiger partial charge in [0, 0.05) is 48.7 Å². The fourth-order valence-corrected chi connectivity index (χ4v) is 6.36. The van der Waals surface area contributed by atoms with Crippen LogP contribution in [0.4, 0.5) is 11.5 Å². The molecule has 0 unspecified atom stereocenters. The SMILES string of the molecule is CS[C@@]1(C(=O)Nc2ccc3[nH]nc(N4CCOCC4)c3c2)CCN(C[C-]=O)C1.[CH2-]/C=C(\C[CH2-])c1ccc(-c2ncccn2)cc1.[K+]. The molecular formula is C34H38KN7O3S-2. The molecule has 2 fully saturated rings. The Morgan fingerprint density at radius 2 is 1.89 bits per heavy atom. The molecule has 0 radical (unpaired) electrons. The zero-order chi connectivity index (χ0) is 31.6. The monoisotopic (exact) mass is 663 g/mol. The van der Waals surface area contributed by atoms with Gasteiger partial charge in [-0.3, -0.25) is 9.89 Å². The van der Waals surface area contributed by atoms with E-state index in [2.05, 4.69) is 44.2 Å². The molecule has 12 heteroatoms. The number of morpholine rings is 1. The smallest absolute Gasteiger partial charge is 0.541 e. The van der Waals surface area contributed by atoms with Crippen LogP contribution >= 0.6 is 11.8 Å². The Morgan fingerprint density at radius 3 is 2.54 bits per heavy atom. The number of carbonyl (C=O) groups is 1. The number of nitrogens with zero attached hydrogens (tertiary/aromatic N) is 5. The second-order valence-corrected chi connectivity index (χ2v) is 12.0. The number of hydrogen-bond acceptors (Lipinski definition) is 9. The van der Waals surface area contributed by atoms with Crippen LogP contribution in [0.2, 0.25) is 0 Å². The van der Waals surface area contributed by atoms with E-state index in [0.717, 1.165) is 71.0 Å². The van der Waals surface area contributed by atoms with Crippen LogP contribution in [0.25, 0.3) is 27.9 Å². The number of fused-ring (bicyclic) bond motifs is 1. The van der Waals surface area contributed by atoms with E-state index in [1.54, 1.807) is 24.2 Å². The summed E-state index contributed by atoms with van der Waals surface area (Å²) in [7, 11) is 0. The van der Waals surface area contributed by atoms with Crippen LogP contribution < -0.4 is 61.6 Å². The van der Waals surface area contributed by atoms with E-state index < -0.39 is 4.75 Å². The van der Waals surface area contributed by atoms with Crippen molar-refractivity contribution in [1.82, 2.24) is 25.1 Å². The quantitative estimate of drug-likeness (QED) is 0.205. The maximum Gasteiger partial charge on any atom is 1.00 e. The third-order valence-corrected chi connectivity index (χ3v) is 9.41. The van der Waals surface area contributed by atoms with Crippen molar-refractivity contribution in [3.63, 3.8) is 0 Å². The van der Waals surface area contributed by atoms with Gasteiger partial charge in [0.05, 0.1) is 18.7 Å². The first-order chi connectivity index (χ1) is 22.0. The number of amides is 1. The van der Waals surface area contributed by atoms with Gasteiger partial charge >= 0.3 is 51.4 Å². The van der Waals surface area contributed by atoms with Crippen molar-refractivity contribution in [1.29, 1.82) is 0 Å². The van der Waals surface area contributed by atoms with E-state index in [4.69, 9.17) is 4.74 Å². The molecule has 2 aromatic heterocycles. The Bertz CT molecular complexity index is 1610. The molecule has 2 aliphatic rings. The molecule has 2 saturated heterocycles. The number of hydrogen-bond donors (Lipinski definition) is 2. The van der Waals surface area contributed by atoms with Crippen LogP contribution in [0, 0.1) is 13.8 Å². The summed E-state index contributed by atoms with van der Waals surface area (Å²) in [5, 5.41) is 11.6. The standard InChI is InChI=1S/C19H24N5O3S.C15H14N2.K/c1-28-19(4-5-23(13-19)6-9-25)18(26)20-14-2-3-16-15(12-14)17(22-21-16)24-7-10-27-11-8-24;1-3-12(4-2)13-6-8-14(9-7-13)15-16-10-5-11-17-15;/h2-3,12H,4-8,10-11,13H2,1H3,(H,20,26)(H,21,22);3,5-11H,1-2,4H2;/q-1;-2;+1/b;12-3+;/t19-;;/m0../s1. The van der Waals surface area contributed by atoms with Crippen molar-refractivity contribution in [2.45, 2.75) is 17.6 Å². The largest absolute Gasteiger partial charge is 1.00 e. The van der Waals surface area contributed by atoms with Crippen LogP contribution in [0.15, 0.2) is 67.0 Å². The van der Waals surface area contributed by atoms with Crippen LogP contribution in [0.3, 0.4) is 0 Å². The number of carbonyl (C=O) groups excluding carboxylic acids is 2. The van der Waals surface area contributed by atoms with Gasteiger partial charge in [-0.05, 0) is 43.5 Å². The predicted molar refractivity (Wildman–Crippen MR) is 182 cm³/mol. The molecule has 2 N–H and O–H groups in total. The predicted octanol–water partition coefficient (Wildman–Crippen LogP) is 1.84. The van der Waals surface area contributed by atoms with Crippen molar-refractivity contribution in [2.75, 3.05) is 62.4 Å². The fourth-order valence-electron chi connectivity index (χ4n) is 5.51. The molecule has 4 aromatic rings. The van der Waals surface area contributed by atoms with Gasteiger partial charge in [-0.25, -0.2) is 41.2 Å². The van der Waals surface area contributed by atoms with Gasteiger partial charge in [-0.15, -0.1) is 17.3 Å². The third-order valence-electron chi connectivity index (χ3n) is 8.11. The van der Waals surface area contributed by atoms with Gasteiger partial charge in [-0.1, -0.05) is 30.8 Å². The van der Waals surface area contributed by atoms with E-state index in [0.29, 0.717) is 26.2 Å². The number of aromatic amines is 1. The van der Waals surface area contributed by atoms with E-state index in [1.807, 2.05) is 72.0 Å². The van der Waals surface area contributed by atoms with Gasteiger partial charge in [0.25, 0.3) is 0 Å². The summed E-state index contributed by atoms with van der Waals surface area (Å²) in [5.74, 6) is 1.61. The zero-order valence-corrected chi connectivity index (χ0v) is 30.4. The molecule has 6 rings (SSSR count).